The first-order chi connectivity index (χ1) is 32.1. The minimum Gasteiger partial charge on any atom is -0.457 e. The second kappa shape index (κ2) is 39.5. The Balaban J connectivity index is 1.79. The molecule has 0 amide bonds. The SMILES string of the molecule is CC/C=C\C/C=C\C/C=C\CCCCCCCC(=O)OC(COCCCCCCCC/C=C\C/C=C\CCCCCC)COC1OC(COC2OC(CO)C(O)C(O)C2O)C(O)C(O)C1O. The molecule has 382 valence electrons. The average Bonchev–Trinajstić information content (AvgIpc) is 3.31. The molecule has 2 fully saturated rings. The lowest BCUT2D eigenvalue weighted by atomic mass is 9.98. The van der Waals surface area contributed by atoms with Gasteiger partial charge in [-0.15, -0.1) is 0 Å². The van der Waals surface area contributed by atoms with Crippen LogP contribution in [0.5, 0.6) is 0 Å². The average molecular weight is 939 g/mol. The fourth-order valence-electron chi connectivity index (χ4n) is 7.62. The third-order valence-corrected chi connectivity index (χ3v) is 11.8. The summed E-state index contributed by atoms with van der Waals surface area (Å²) < 4.78 is 34.2. The maximum absolute atomic E-state index is 13.0. The molecule has 11 atom stereocenters. The molecule has 0 radical (unpaired) electrons. The van der Waals surface area contributed by atoms with Crippen LogP contribution >= 0.6 is 0 Å². The van der Waals surface area contributed by atoms with Gasteiger partial charge < -0.3 is 64.2 Å². The fourth-order valence-corrected chi connectivity index (χ4v) is 7.62. The van der Waals surface area contributed by atoms with Crippen molar-refractivity contribution in [3.8, 4) is 0 Å². The number of esters is 1. The van der Waals surface area contributed by atoms with Crippen LogP contribution in [0, 0.1) is 0 Å². The minimum absolute atomic E-state index is 0.0446. The Morgan fingerprint density at radius 2 is 0.985 bits per heavy atom. The molecule has 0 aromatic carbocycles. The van der Waals surface area contributed by atoms with Crippen molar-refractivity contribution >= 4 is 5.97 Å². The van der Waals surface area contributed by atoms with E-state index in [4.69, 9.17) is 28.4 Å². The van der Waals surface area contributed by atoms with Crippen LogP contribution in [0.25, 0.3) is 0 Å². The number of aliphatic hydroxyl groups is 7. The van der Waals surface area contributed by atoms with Crippen LogP contribution in [0.4, 0.5) is 0 Å². The van der Waals surface area contributed by atoms with E-state index in [-0.39, 0.29) is 19.6 Å². The number of rotatable bonds is 39. The molecule has 11 unspecified atom stereocenters. The lowest BCUT2D eigenvalue weighted by Crippen LogP contribution is -2.61. The van der Waals surface area contributed by atoms with Crippen LogP contribution in [-0.4, -0.2) is 142 Å². The highest BCUT2D eigenvalue weighted by Gasteiger charge is 2.47. The van der Waals surface area contributed by atoms with Crippen molar-refractivity contribution in [2.75, 3.05) is 33.0 Å². The molecule has 2 rings (SSSR count). The van der Waals surface area contributed by atoms with Crippen LogP contribution in [-0.2, 0) is 33.2 Å². The van der Waals surface area contributed by atoms with Gasteiger partial charge in [-0.05, 0) is 77.0 Å². The summed E-state index contributed by atoms with van der Waals surface area (Å²) in [5.74, 6) is -0.399. The molecule has 14 heteroatoms. The van der Waals surface area contributed by atoms with Crippen molar-refractivity contribution in [2.45, 2.75) is 229 Å². The molecule has 66 heavy (non-hydrogen) atoms. The van der Waals surface area contributed by atoms with E-state index in [2.05, 4.69) is 74.6 Å². The number of hydrogen-bond acceptors (Lipinski definition) is 14. The topological polar surface area (TPSA) is 214 Å². The largest absolute Gasteiger partial charge is 0.457 e. The van der Waals surface area contributed by atoms with Gasteiger partial charge in [0.1, 0.15) is 54.9 Å². The summed E-state index contributed by atoms with van der Waals surface area (Å²) in [4.78, 5) is 13.0. The predicted molar refractivity (Wildman–Crippen MR) is 256 cm³/mol. The summed E-state index contributed by atoms with van der Waals surface area (Å²) in [5.41, 5.74) is 0. The zero-order valence-corrected chi connectivity index (χ0v) is 40.4. The van der Waals surface area contributed by atoms with E-state index in [1.165, 1.54) is 44.9 Å². The van der Waals surface area contributed by atoms with E-state index in [1.807, 2.05) is 0 Å². The van der Waals surface area contributed by atoms with Crippen molar-refractivity contribution in [3.05, 3.63) is 60.8 Å². The Morgan fingerprint density at radius 1 is 0.515 bits per heavy atom. The summed E-state index contributed by atoms with van der Waals surface area (Å²) >= 11 is 0. The van der Waals surface area contributed by atoms with E-state index in [0.29, 0.717) is 13.0 Å². The normalized spacial score (nSPS) is 26.8. The number of hydrogen-bond donors (Lipinski definition) is 7. The first kappa shape index (κ1) is 59.8. The lowest BCUT2D eigenvalue weighted by molar-refractivity contribution is -0.332. The van der Waals surface area contributed by atoms with Gasteiger partial charge in [-0.2, -0.15) is 0 Å². The Labute approximate surface area is 396 Å². The van der Waals surface area contributed by atoms with Crippen molar-refractivity contribution in [2.24, 2.45) is 0 Å². The number of carbonyl (C=O) groups is 1. The Morgan fingerprint density at radius 3 is 1.55 bits per heavy atom. The lowest BCUT2D eigenvalue weighted by Gasteiger charge is -2.42. The van der Waals surface area contributed by atoms with Crippen LogP contribution in [0.3, 0.4) is 0 Å². The zero-order chi connectivity index (χ0) is 48.0. The highest BCUT2D eigenvalue weighted by Crippen LogP contribution is 2.26. The summed E-state index contributed by atoms with van der Waals surface area (Å²) in [6.45, 7) is 3.49. The monoisotopic (exact) mass is 939 g/mol. The van der Waals surface area contributed by atoms with Gasteiger partial charge in [0.25, 0.3) is 0 Å². The van der Waals surface area contributed by atoms with Crippen molar-refractivity contribution in [1.29, 1.82) is 0 Å². The second-order valence-corrected chi connectivity index (χ2v) is 17.6. The maximum atomic E-state index is 13.0. The smallest absolute Gasteiger partial charge is 0.306 e. The Hall–Kier alpha value is -2.31. The Bertz CT molecular complexity index is 1320. The minimum atomic E-state index is -1.71. The van der Waals surface area contributed by atoms with Gasteiger partial charge >= 0.3 is 5.97 Å². The zero-order valence-electron chi connectivity index (χ0n) is 40.4. The van der Waals surface area contributed by atoms with Gasteiger partial charge in [0.15, 0.2) is 12.6 Å². The molecule has 0 spiro atoms. The van der Waals surface area contributed by atoms with E-state index in [1.54, 1.807) is 0 Å². The van der Waals surface area contributed by atoms with Crippen molar-refractivity contribution < 1.29 is 69.0 Å². The molecular weight excluding hydrogens is 849 g/mol. The van der Waals surface area contributed by atoms with Crippen LogP contribution in [0.15, 0.2) is 60.8 Å². The quantitative estimate of drug-likeness (QED) is 0.0183. The number of ether oxygens (including phenoxy) is 6. The molecule has 2 aliphatic rings. The van der Waals surface area contributed by atoms with Gasteiger partial charge in [0.05, 0.1) is 26.4 Å². The molecule has 14 nitrogen and oxygen atoms in total. The van der Waals surface area contributed by atoms with Gasteiger partial charge in [0, 0.05) is 13.0 Å². The molecule has 2 heterocycles. The molecule has 2 aliphatic heterocycles. The van der Waals surface area contributed by atoms with E-state index >= 15 is 0 Å². The third-order valence-electron chi connectivity index (χ3n) is 11.8. The summed E-state index contributed by atoms with van der Waals surface area (Å²) in [6.07, 6.45) is 29.9. The number of allylic oxidation sites excluding steroid dienone is 10. The van der Waals surface area contributed by atoms with E-state index in [9.17, 15) is 40.5 Å². The second-order valence-electron chi connectivity index (χ2n) is 17.6. The highest BCUT2D eigenvalue weighted by molar-refractivity contribution is 5.69. The predicted octanol–water partition coefficient (Wildman–Crippen LogP) is 7.35. The van der Waals surface area contributed by atoms with E-state index < -0.39 is 86.7 Å². The fraction of sp³-hybridized carbons (Fsp3) is 0.788. The van der Waals surface area contributed by atoms with Crippen LogP contribution in [0.2, 0.25) is 0 Å². The molecule has 0 bridgehead atoms. The third kappa shape index (κ3) is 27.0. The van der Waals surface area contributed by atoms with Crippen molar-refractivity contribution in [3.63, 3.8) is 0 Å². The number of unbranched alkanes of at least 4 members (excludes halogenated alkanes) is 15. The molecule has 0 saturated carbocycles. The highest BCUT2D eigenvalue weighted by atomic mass is 16.7. The summed E-state index contributed by atoms with van der Waals surface area (Å²) in [7, 11) is 0. The van der Waals surface area contributed by atoms with Gasteiger partial charge in [-0.25, -0.2) is 0 Å². The van der Waals surface area contributed by atoms with Gasteiger partial charge in [-0.3, -0.25) is 4.79 Å². The van der Waals surface area contributed by atoms with E-state index in [0.717, 1.165) is 89.9 Å². The van der Waals surface area contributed by atoms with Crippen molar-refractivity contribution in [1.82, 2.24) is 0 Å². The first-order valence-electron chi connectivity index (χ1n) is 25.4. The molecule has 7 N–H and O–H groups in total. The standard InChI is InChI=1S/C52H90O14/c1-3-5-7-9-11-13-15-17-19-20-22-24-26-28-30-32-34-36-61-38-41(64-44(54)35-33-31-29-27-25-23-21-18-16-14-12-10-8-6-4-2)39-62-51-50(60)48(58)46(56)43(66-51)40-63-52-49(59)47(57)45(55)42(37-53)65-52/h6,8,12-15,18-21,41-43,45-53,55-60H,3-5,7,9-11,16-17,22-40H2,1-2H3/b8-6-,14-12-,15-13-,20-19-,21-18-. The van der Waals surface area contributed by atoms with Gasteiger partial charge in [-0.1, -0.05) is 139 Å². The Kier molecular flexibility index (Phi) is 35.8. The molecule has 0 aliphatic carbocycles. The first-order valence-corrected chi connectivity index (χ1v) is 25.4. The maximum Gasteiger partial charge on any atom is 0.306 e. The molecule has 2 saturated heterocycles. The van der Waals surface area contributed by atoms with Crippen LogP contribution < -0.4 is 0 Å². The number of carbonyl (C=O) groups excluding carboxylic acids is 1. The number of aliphatic hydroxyl groups excluding tert-OH is 7. The molecular formula is C52H90O14. The summed E-state index contributed by atoms with van der Waals surface area (Å²) in [5, 5.41) is 72.1. The molecule has 0 aromatic heterocycles. The van der Waals surface area contributed by atoms with Crippen LogP contribution in [0.1, 0.15) is 162 Å². The molecule has 0 aromatic rings. The van der Waals surface area contributed by atoms with Gasteiger partial charge in [0.2, 0.25) is 0 Å². The summed E-state index contributed by atoms with van der Waals surface area (Å²) in [6, 6.07) is 0.